The number of amides is 1. The molecule has 1 amide bonds. The second kappa shape index (κ2) is 8.52. The van der Waals surface area contributed by atoms with E-state index in [0.29, 0.717) is 24.0 Å². The third-order valence-electron chi connectivity index (χ3n) is 3.48. The maximum absolute atomic E-state index is 12.0. The van der Waals surface area contributed by atoms with E-state index in [4.69, 9.17) is 15.2 Å². The third-order valence-corrected chi connectivity index (χ3v) is 3.48. The fraction of sp³-hybridized carbons (Fsp3) is 0.562. The highest BCUT2D eigenvalue weighted by molar-refractivity contribution is 5.77. The normalized spacial score (nSPS) is 12.1. The van der Waals surface area contributed by atoms with Crippen LogP contribution >= 0.6 is 0 Å². The van der Waals surface area contributed by atoms with Gasteiger partial charge in [-0.25, -0.2) is 0 Å². The van der Waals surface area contributed by atoms with Crippen molar-refractivity contribution >= 4 is 5.91 Å². The summed E-state index contributed by atoms with van der Waals surface area (Å²) < 4.78 is 10.6. The number of nitrogens with two attached hydrogens (primary N) is 1. The molecular formula is C16H26N2O3. The van der Waals surface area contributed by atoms with Crippen molar-refractivity contribution in [3.63, 3.8) is 0 Å². The number of hydrogen-bond acceptors (Lipinski definition) is 4. The van der Waals surface area contributed by atoms with Gasteiger partial charge in [-0.3, -0.25) is 4.79 Å². The second-order valence-corrected chi connectivity index (χ2v) is 5.48. The lowest BCUT2D eigenvalue weighted by Crippen LogP contribution is -2.36. The molecule has 21 heavy (non-hydrogen) atoms. The molecule has 118 valence electrons. The minimum absolute atomic E-state index is 0.0145. The highest BCUT2D eigenvalue weighted by Crippen LogP contribution is 2.18. The summed E-state index contributed by atoms with van der Waals surface area (Å²) in [4.78, 5) is 13.6. The summed E-state index contributed by atoms with van der Waals surface area (Å²) in [6.45, 7) is 4.82. The first kappa shape index (κ1) is 17.3. The minimum Gasteiger partial charge on any atom is -0.497 e. The summed E-state index contributed by atoms with van der Waals surface area (Å²) >= 11 is 0. The van der Waals surface area contributed by atoms with Gasteiger partial charge in [0.1, 0.15) is 11.5 Å². The maximum atomic E-state index is 12.0. The van der Waals surface area contributed by atoms with Gasteiger partial charge in [0, 0.05) is 25.7 Å². The number of nitrogens with zero attached hydrogens (tertiary/aromatic N) is 1. The van der Waals surface area contributed by atoms with E-state index < -0.39 is 0 Å². The Kier molecular flexibility index (Phi) is 7.02. The molecule has 0 heterocycles. The maximum Gasteiger partial charge on any atom is 0.260 e. The van der Waals surface area contributed by atoms with E-state index in [1.165, 1.54) is 0 Å². The number of rotatable bonds is 8. The molecule has 0 saturated carbocycles. The lowest BCUT2D eigenvalue weighted by Gasteiger charge is -2.21. The number of hydrogen-bond donors (Lipinski definition) is 1. The number of methoxy groups -OCH3 is 1. The summed E-state index contributed by atoms with van der Waals surface area (Å²) in [6.07, 6.45) is 0.791. The zero-order chi connectivity index (χ0) is 15.8. The van der Waals surface area contributed by atoms with Crippen LogP contribution in [0.15, 0.2) is 24.3 Å². The average Bonchev–Trinajstić information content (AvgIpc) is 2.49. The molecule has 2 N–H and O–H groups in total. The lowest BCUT2D eigenvalue weighted by molar-refractivity contribution is -0.132. The molecule has 0 saturated heterocycles. The Bertz CT molecular complexity index is 449. The van der Waals surface area contributed by atoms with Crippen LogP contribution in [0.25, 0.3) is 0 Å². The molecule has 0 aliphatic heterocycles. The predicted molar refractivity (Wildman–Crippen MR) is 83.6 cm³/mol. The van der Waals surface area contributed by atoms with Gasteiger partial charge in [0.25, 0.3) is 5.91 Å². The highest BCUT2D eigenvalue weighted by atomic mass is 16.5. The van der Waals surface area contributed by atoms with Crippen LogP contribution in [-0.4, -0.2) is 44.2 Å². The summed E-state index contributed by atoms with van der Waals surface area (Å²) in [7, 11) is 3.36. The van der Waals surface area contributed by atoms with Gasteiger partial charge in [-0.1, -0.05) is 19.9 Å². The first-order valence-electron chi connectivity index (χ1n) is 7.20. The molecule has 5 nitrogen and oxygen atoms in total. The first-order chi connectivity index (χ1) is 9.93. The smallest absolute Gasteiger partial charge is 0.260 e. The Morgan fingerprint density at radius 2 is 2.00 bits per heavy atom. The Balaban J connectivity index is 2.38. The van der Waals surface area contributed by atoms with Gasteiger partial charge in [0.15, 0.2) is 6.61 Å². The van der Waals surface area contributed by atoms with E-state index >= 15 is 0 Å². The van der Waals surface area contributed by atoms with Gasteiger partial charge in [-0.2, -0.15) is 0 Å². The fourth-order valence-electron chi connectivity index (χ4n) is 1.75. The second-order valence-electron chi connectivity index (χ2n) is 5.48. The van der Waals surface area contributed by atoms with E-state index in [-0.39, 0.29) is 18.6 Å². The van der Waals surface area contributed by atoms with Crippen LogP contribution < -0.4 is 15.2 Å². The van der Waals surface area contributed by atoms with Crippen molar-refractivity contribution in [1.29, 1.82) is 0 Å². The van der Waals surface area contributed by atoms with Crippen LogP contribution in [0, 0.1) is 5.92 Å². The molecule has 1 aromatic carbocycles. The Hall–Kier alpha value is -1.75. The molecule has 1 atom stereocenters. The highest BCUT2D eigenvalue weighted by Gasteiger charge is 2.13. The molecule has 1 unspecified atom stereocenters. The fourth-order valence-corrected chi connectivity index (χ4v) is 1.75. The van der Waals surface area contributed by atoms with Crippen molar-refractivity contribution in [3.8, 4) is 11.5 Å². The van der Waals surface area contributed by atoms with Crippen LogP contribution in [-0.2, 0) is 4.79 Å². The average molecular weight is 294 g/mol. The molecule has 0 bridgehead atoms. The van der Waals surface area contributed by atoms with Gasteiger partial charge in [-0.05, 0) is 24.5 Å². The molecule has 5 heteroatoms. The van der Waals surface area contributed by atoms with Crippen molar-refractivity contribution in [2.24, 2.45) is 11.7 Å². The quantitative estimate of drug-likeness (QED) is 0.795. The van der Waals surface area contributed by atoms with Crippen LogP contribution in [0.1, 0.15) is 20.3 Å². The number of benzene rings is 1. The standard InChI is InChI=1S/C16H26N2O3/c1-12(2)15(17)8-9-18(3)16(19)11-21-14-7-5-6-13(10-14)20-4/h5-7,10,12,15H,8-9,11,17H2,1-4H3. The number of carbonyl (C=O) groups excluding carboxylic acids is 1. The lowest BCUT2D eigenvalue weighted by atomic mass is 10.0. The third kappa shape index (κ3) is 6.04. The number of ether oxygens (including phenoxy) is 2. The summed E-state index contributed by atoms with van der Waals surface area (Å²) in [5.41, 5.74) is 5.98. The van der Waals surface area contributed by atoms with E-state index in [0.717, 1.165) is 6.42 Å². The summed E-state index contributed by atoms with van der Waals surface area (Å²) in [5, 5.41) is 0. The topological polar surface area (TPSA) is 64.8 Å². The molecule has 1 rings (SSSR count). The zero-order valence-corrected chi connectivity index (χ0v) is 13.3. The molecule has 0 fully saturated rings. The van der Waals surface area contributed by atoms with E-state index in [1.54, 1.807) is 31.2 Å². The van der Waals surface area contributed by atoms with Crippen LogP contribution in [0.4, 0.5) is 0 Å². The summed E-state index contributed by atoms with van der Waals surface area (Å²) in [6, 6.07) is 7.31. The van der Waals surface area contributed by atoms with Crippen LogP contribution in [0.5, 0.6) is 11.5 Å². The van der Waals surface area contributed by atoms with Crippen molar-refractivity contribution < 1.29 is 14.3 Å². The Morgan fingerprint density at radius 3 is 2.62 bits per heavy atom. The minimum atomic E-state index is -0.0613. The van der Waals surface area contributed by atoms with Crippen LogP contribution in [0.2, 0.25) is 0 Å². The first-order valence-corrected chi connectivity index (χ1v) is 7.20. The van der Waals surface area contributed by atoms with Gasteiger partial charge in [-0.15, -0.1) is 0 Å². The van der Waals surface area contributed by atoms with Crippen molar-refractivity contribution in [1.82, 2.24) is 4.90 Å². The van der Waals surface area contributed by atoms with E-state index in [9.17, 15) is 4.79 Å². The van der Waals surface area contributed by atoms with Crippen molar-refractivity contribution in [2.75, 3.05) is 27.3 Å². The molecule has 0 aliphatic rings. The summed E-state index contributed by atoms with van der Waals surface area (Å²) in [5.74, 6) is 1.68. The van der Waals surface area contributed by atoms with Gasteiger partial charge in [0.2, 0.25) is 0 Å². The predicted octanol–water partition coefficient (Wildman–Crippen LogP) is 1.91. The zero-order valence-electron chi connectivity index (χ0n) is 13.3. The molecule has 0 radical (unpaired) electrons. The van der Waals surface area contributed by atoms with Crippen molar-refractivity contribution in [2.45, 2.75) is 26.3 Å². The molecule has 0 aromatic heterocycles. The van der Waals surface area contributed by atoms with Gasteiger partial charge < -0.3 is 20.1 Å². The molecule has 1 aromatic rings. The molecule has 0 spiro atoms. The Labute approximate surface area is 127 Å². The molecule has 0 aliphatic carbocycles. The van der Waals surface area contributed by atoms with E-state index in [1.807, 2.05) is 12.1 Å². The Morgan fingerprint density at radius 1 is 1.33 bits per heavy atom. The monoisotopic (exact) mass is 294 g/mol. The van der Waals surface area contributed by atoms with E-state index in [2.05, 4.69) is 13.8 Å². The number of carbonyl (C=O) groups is 1. The number of likely N-dealkylation sites (N-methyl/N-ethyl adjacent to an activating group) is 1. The SMILES string of the molecule is COc1cccc(OCC(=O)N(C)CCC(N)C(C)C)c1. The van der Waals surface area contributed by atoms with Crippen molar-refractivity contribution in [3.05, 3.63) is 24.3 Å². The van der Waals surface area contributed by atoms with Crippen LogP contribution in [0.3, 0.4) is 0 Å². The largest absolute Gasteiger partial charge is 0.497 e. The van der Waals surface area contributed by atoms with Gasteiger partial charge in [0.05, 0.1) is 7.11 Å². The van der Waals surface area contributed by atoms with Gasteiger partial charge >= 0.3 is 0 Å². The molecular weight excluding hydrogens is 268 g/mol.